The number of hydrogen-bond donors (Lipinski definition) is 1. The van der Waals surface area contributed by atoms with E-state index >= 15 is 0 Å². The molecule has 3 rings (SSSR count). The number of aryl methyl sites for hydroxylation is 1. The van der Waals surface area contributed by atoms with Crippen LogP contribution in [-0.2, 0) is 6.42 Å². The first-order chi connectivity index (χ1) is 8.29. The molecule has 0 fully saturated rings. The van der Waals surface area contributed by atoms with Gasteiger partial charge in [-0.1, -0.05) is 19.1 Å². The third-order valence-corrected chi connectivity index (χ3v) is 2.73. The van der Waals surface area contributed by atoms with Crippen molar-refractivity contribution >= 4 is 16.6 Å². The first-order valence-corrected chi connectivity index (χ1v) is 5.66. The Morgan fingerprint density at radius 2 is 2.18 bits per heavy atom. The summed E-state index contributed by atoms with van der Waals surface area (Å²) in [6.07, 6.45) is 1.75. The monoisotopic (exact) mass is 228 g/mol. The maximum Gasteiger partial charge on any atom is 0.348 e. The Labute approximate surface area is 97.1 Å². The maximum absolute atomic E-state index is 11.8. The van der Waals surface area contributed by atoms with Gasteiger partial charge in [0.05, 0.1) is 5.52 Å². The highest BCUT2D eigenvalue weighted by molar-refractivity contribution is 5.90. The fourth-order valence-electron chi connectivity index (χ4n) is 1.96. The molecule has 0 aliphatic rings. The molecular formula is C12H12N4O. The summed E-state index contributed by atoms with van der Waals surface area (Å²) in [6, 6.07) is 7.61. The zero-order valence-electron chi connectivity index (χ0n) is 9.47. The lowest BCUT2D eigenvalue weighted by atomic mass is 10.2. The summed E-state index contributed by atoms with van der Waals surface area (Å²) in [5.74, 6) is 0.717. The van der Waals surface area contributed by atoms with Gasteiger partial charge < -0.3 is 4.98 Å². The van der Waals surface area contributed by atoms with Gasteiger partial charge in [0.1, 0.15) is 0 Å². The quantitative estimate of drug-likeness (QED) is 0.723. The zero-order valence-corrected chi connectivity index (χ0v) is 9.47. The minimum absolute atomic E-state index is 0.242. The summed E-state index contributed by atoms with van der Waals surface area (Å²) in [5, 5.41) is 5.13. The molecule has 0 saturated heterocycles. The SMILES string of the molecule is CCCc1nc2c3ccccc3[nH]c(=O)n2n1. The van der Waals surface area contributed by atoms with Gasteiger partial charge in [-0.25, -0.2) is 9.78 Å². The van der Waals surface area contributed by atoms with E-state index in [4.69, 9.17) is 0 Å². The lowest BCUT2D eigenvalue weighted by molar-refractivity contribution is 0.797. The van der Waals surface area contributed by atoms with E-state index in [0.29, 0.717) is 11.5 Å². The second-order valence-electron chi connectivity index (χ2n) is 3.99. The Balaban J connectivity index is 2.43. The number of fused-ring (bicyclic) bond motifs is 3. The van der Waals surface area contributed by atoms with E-state index in [1.54, 1.807) is 0 Å². The predicted molar refractivity (Wildman–Crippen MR) is 65.1 cm³/mol. The summed E-state index contributed by atoms with van der Waals surface area (Å²) in [4.78, 5) is 19.0. The van der Waals surface area contributed by atoms with Crippen molar-refractivity contribution in [3.05, 3.63) is 40.6 Å². The fourth-order valence-corrected chi connectivity index (χ4v) is 1.96. The molecule has 1 N–H and O–H groups in total. The molecule has 2 heterocycles. The number of aromatic amines is 1. The van der Waals surface area contributed by atoms with Gasteiger partial charge in [0.15, 0.2) is 11.5 Å². The summed E-state index contributed by atoms with van der Waals surface area (Å²) in [6.45, 7) is 2.06. The van der Waals surface area contributed by atoms with Crippen LogP contribution in [0.4, 0.5) is 0 Å². The molecule has 86 valence electrons. The second kappa shape index (κ2) is 3.69. The lowest BCUT2D eigenvalue weighted by Gasteiger charge is -1.97. The molecule has 0 aliphatic carbocycles. The summed E-state index contributed by atoms with van der Waals surface area (Å²) in [7, 11) is 0. The Kier molecular flexibility index (Phi) is 2.18. The molecule has 5 heteroatoms. The van der Waals surface area contributed by atoms with Crippen molar-refractivity contribution in [2.75, 3.05) is 0 Å². The standard InChI is InChI=1S/C12H12N4O/c1-2-5-10-14-11-8-6-3-4-7-9(8)13-12(17)16(11)15-10/h3-4,6-7H,2,5H2,1H3,(H,13,17). The van der Waals surface area contributed by atoms with Crippen LogP contribution in [0.2, 0.25) is 0 Å². The van der Waals surface area contributed by atoms with E-state index in [1.807, 2.05) is 24.3 Å². The van der Waals surface area contributed by atoms with Crippen molar-refractivity contribution in [2.24, 2.45) is 0 Å². The van der Waals surface area contributed by atoms with Crippen molar-refractivity contribution in [1.29, 1.82) is 0 Å². The van der Waals surface area contributed by atoms with Crippen LogP contribution in [0.5, 0.6) is 0 Å². The average molecular weight is 228 g/mol. The van der Waals surface area contributed by atoms with E-state index in [9.17, 15) is 4.79 Å². The van der Waals surface area contributed by atoms with Crippen LogP contribution in [0.1, 0.15) is 19.2 Å². The predicted octanol–water partition coefficient (Wildman–Crippen LogP) is 1.52. The number of aromatic nitrogens is 4. The Morgan fingerprint density at radius 1 is 1.35 bits per heavy atom. The van der Waals surface area contributed by atoms with Gasteiger partial charge in [-0.3, -0.25) is 0 Å². The van der Waals surface area contributed by atoms with Crippen LogP contribution in [-0.4, -0.2) is 19.6 Å². The van der Waals surface area contributed by atoms with Gasteiger partial charge in [-0.15, -0.1) is 5.10 Å². The molecule has 0 radical (unpaired) electrons. The van der Waals surface area contributed by atoms with Crippen LogP contribution in [0.15, 0.2) is 29.1 Å². The molecule has 0 saturated carbocycles. The third kappa shape index (κ3) is 1.51. The smallest absolute Gasteiger partial charge is 0.305 e. The van der Waals surface area contributed by atoms with Gasteiger partial charge in [0.2, 0.25) is 0 Å². The number of nitrogens with one attached hydrogen (secondary N) is 1. The molecule has 0 amide bonds. The van der Waals surface area contributed by atoms with Crippen LogP contribution in [0.3, 0.4) is 0 Å². The van der Waals surface area contributed by atoms with E-state index < -0.39 is 0 Å². The Hall–Kier alpha value is -2.17. The summed E-state index contributed by atoms with van der Waals surface area (Å²) in [5.41, 5.74) is 1.18. The van der Waals surface area contributed by atoms with Crippen LogP contribution in [0, 0.1) is 0 Å². The van der Waals surface area contributed by atoms with Crippen molar-refractivity contribution in [2.45, 2.75) is 19.8 Å². The number of para-hydroxylation sites is 1. The second-order valence-corrected chi connectivity index (χ2v) is 3.99. The number of rotatable bonds is 2. The van der Waals surface area contributed by atoms with Crippen molar-refractivity contribution in [3.8, 4) is 0 Å². The van der Waals surface area contributed by atoms with Crippen LogP contribution in [0.25, 0.3) is 16.6 Å². The molecule has 0 spiro atoms. The highest BCUT2D eigenvalue weighted by Crippen LogP contribution is 2.14. The molecule has 2 aromatic heterocycles. The van der Waals surface area contributed by atoms with Gasteiger partial charge in [0, 0.05) is 11.8 Å². The largest absolute Gasteiger partial charge is 0.348 e. The van der Waals surface area contributed by atoms with E-state index in [2.05, 4.69) is 22.0 Å². The summed E-state index contributed by atoms with van der Waals surface area (Å²) < 4.78 is 1.34. The first-order valence-electron chi connectivity index (χ1n) is 5.66. The van der Waals surface area contributed by atoms with Crippen molar-refractivity contribution in [1.82, 2.24) is 19.6 Å². The Bertz CT molecular complexity index is 741. The third-order valence-electron chi connectivity index (χ3n) is 2.73. The first kappa shape index (κ1) is 10.0. The molecular weight excluding hydrogens is 216 g/mol. The van der Waals surface area contributed by atoms with Gasteiger partial charge in [-0.05, 0) is 18.6 Å². The lowest BCUT2D eigenvalue weighted by Crippen LogP contribution is -2.17. The maximum atomic E-state index is 11.8. The normalized spacial score (nSPS) is 11.4. The number of nitrogens with zero attached hydrogens (tertiary/aromatic N) is 3. The highest BCUT2D eigenvalue weighted by atomic mass is 16.1. The van der Waals surface area contributed by atoms with Gasteiger partial charge in [0.25, 0.3) is 0 Å². The van der Waals surface area contributed by atoms with Crippen LogP contribution < -0.4 is 5.69 Å². The topological polar surface area (TPSA) is 63.0 Å². The molecule has 1 aromatic carbocycles. The van der Waals surface area contributed by atoms with Crippen molar-refractivity contribution < 1.29 is 0 Å². The minimum atomic E-state index is -0.242. The molecule has 17 heavy (non-hydrogen) atoms. The van der Waals surface area contributed by atoms with Crippen molar-refractivity contribution in [3.63, 3.8) is 0 Å². The number of benzene rings is 1. The minimum Gasteiger partial charge on any atom is -0.305 e. The molecule has 0 bridgehead atoms. The molecule has 0 unspecified atom stereocenters. The molecule has 5 nitrogen and oxygen atoms in total. The number of hydrogen-bond acceptors (Lipinski definition) is 3. The highest BCUT2D eigenvalue weighted by Gasteiger charge is 2.09. The molecule has 0 atom stereocenters. The molecule has 0 aliphatic heterocycles. The fraction of sp³-hybridized carbons (Fsp3) is 0.250. The number of H-pyrrole nitrogens is 1. The Morgan fingerprint density at radius 3 is 3.00 bits per heavy atom. The zero-order chi connectivity index (χ0) is 11.8. The summed E-state index contributed by atoms with van der Waals surface area (Å²) >= 11 is 0. The average Bonchev–Trinajstić information content (AvgIpc) is 2.74. The van der Waals surface area contributed by atoms with Crippen LogP contribution >= 0.6 is 0 Å². The van der Waals surface area contributed by atoms with Gasteiger partial charge in [-0.2, -0.15) is 4.52 Å². The molecule has 3 aromatic rings. The van der Waals surface area contributed by atoms with E-state index in [-0.39, 0.29) is 5.69 Å². The van der Waals surface area contributed by atoms with Gasteiger partial charge >= 0.3 is 5.69 Å². The van der Waals surface area contributed by atoms with E-state index in [1.165, 1.54) is 4.52 Å². The van der Waals surface area contributed by atoms with E-state index in [0.717, 1.165) is 23.7 Å².